The van der Waals surface area contributed by atoms with Gasteiger partial charge in [0.05, 0.1) is 11.8 Å². The molecule has 3 heteroatoms. The Bertz CT molecular complexity index is 370. The Kier molecular flexibility index (Phi) is 3.42. The number of nitrogens with zero attached hydrogens (tertiary/aromatic N) is 2. The third kappa shape index (κ3) is 2.34. The average Bonchev–Trinajstić information content (AvgIpc) is 2.87. The van der Waals surface area contributed by atoms with Crippen LogP contribution in [0, 0.1) is 11.8 Å². The molecule has 1 aromatic rings. The van der Waals surface area contributed by atoms with E-state index < -0.39 is 0 Å². The first-order valence-corrected chi connectivity index (χ1v) is 6.27. The fourth-order valence-corrected chi connectivity index (χ4v) is 2.52. The first-order valence-electron chi connectivity index (χ1n) is 6.27. The molecular weight excluding hydrogens is 200 g/mol. The third-order valence-electron chi connectivity index (χ3n) is 3.44. The molecule has 2 atom stereocenters. The summed E-state index contributed by atoms with van der Waals surface area (Å²) in [5.41, 5.74) is 0.799. The topological polar surface area (TPSA) is 34.9 Å². The molecule has 0 radical (unpaired) electrons. The first kappa shape index (κ1) is 11.4. The van der Waals surface area contributed by atoms with Gasteiger partial charge in [-0.3, -0.25) is 9.48 Å². The van der Waals surface area contributed by atoms with E-state index in [1.165, 1.54) is 6.42 Å². The van der Waals surface area contributed by atoms with E-state index in [0.29, 0.717) is 11.7 Å². The van der Waals surface area contributed by atoms with E-state index in [4.69, 9.17) is 0 Å². The van der Waals surface area contributed by atoms with Gasteiger partial charge in [-0.15, -0.1) is 0 Å². The van der Waals surface area contributed by atoms with E-state index in [1.807, 2.05) is 10.9 Å². The molecule has 0 amide bonds. The van der Waals surface area contributed by atoms with Crippen LogP contribution in [0.15, 0.2) is 12.4 Å². The number of carbonyl (C=O) groups is 1. The van der Waals surface area contributed by atoms with Gasteiger partial charge in [0.25, 0.3) is 0 Å². The molecule has 2 rings (SSSR count). The zero-order chi connectivity index (χ0) is 11.5. The molecule has 3 nitrogen and oxygen atoms in total. The molecule has 0 aliphatic heterocycles. The van der Waals surface area contributed by atoms with Gasteiger partial charge in [0, 0.05) is 18.7 Å². The molecule has 1 aliphatic rings. The second kappa shape index (κ2) is 4.81. The molecule has 0 saturated heterocycles. The van der Waals surface area contributed by atoms with Gasteiger partial charge in [0.1, 0.15) is 0 Å². The predicted octanol–water partition coefficient (Wildman–Crippen LogP) is 2.91. The summed E-state index contributed by atoms with van der Waals surface area (Å²) in [7, 11) is 0. The molecule has 0 aromatic carbocycles. The highest BCUT2D eigenvalue weighted by Gasteiger charge is 2.28. The molecule has 1 saturated carbocycles. The molecule has 1 aliphatic carbocycles. The highest BCUT2D eigenvalue weighted by atomic mass is 16.1. The minimum absolute atomic E-state index is 0.245. The third-order valence-corrected chi connectivity index (χ3v) is 3.44. The number of hydrogen-bond acceptors (Lipinski definition) is 2. The van der Waals surface area contributed by atoms with Crippen LogP contribution in [0.3, 0.4) is 0 Å². The Labute approximate surface area is 96.8 Å². The van der Waals surface area contributed by atoms with Gasteiger partial charge in [-0.25, -0.2) is 0 Å². The summed E-state index contributed by atoms with van der Waals surface area (Å²) in [6.07, 6.45) is 7.97. The van der Waals surface area contributed by atoms with Crippen LogP contribution in [-0.4, -0.2) is 15.6 Å². The van der Waals surface area contributed by atoms with Crippen molar-refractivity contribution in [2.45, 2.75) is 46.1 Å². The van der Waals surface area contributed by atoms with Gasteiger partial charge in [-0.2, -0.15) is 5.10 Å². The number of aryl methyl sites for hydroxylation is 1. The monoisotopic (exact) mass is 220 g/mol. The first-order chi connectivity index (χ1) is 7.70. The van der Waals surface area contributed by atoms with Crippen molar-refractivity contribution in [2.24, 2.45) is 11.8 Å². The summed E-state index contributed by atoms with van der Waals surface area (Å²) < 4.78 is 1.87. The number of Topliss-reactive ketones (excluding diaryl/α,β-unsaturated/α-hetero) is 1. The van der Waals surface area contributed by atoms with Crippen molar-refractivity contribution >= 4 is 5.78 Å². The van der Waals surface area contributed by atoms with Crippen LogP contribution >= 0.6 is 0 Å². The largest absolute Gasteiger partial charge is 0.294 e. The zero-order valence-electron chi connectivity index (χ0n) is 10.1. The lowest BCUT2D eigenvalue weighted by Crippen LogP contribution is -2.10. The number of hydrogen-bond donors (Lipinski definition) is 0. The van der Waals surface area contributed by atoms with Crippen molar-refractivity contribution in [3.63, 3.8) is 0 Å². The van der Waals surface area contributed by atoms with Gasteiger partial charge in [0.15, 0.2) is 5.78 Å². The molecular formula is C13H20N2O. The van der Waals surface area contributed by atoms with E-state index >= 15 is 0 Å². The van der Waals surface area contributed by atoms with Crippen molar-refractivity contribution in [1.29, 1.82) is 0 Å². The highest BCUT2D eigenvalue weighted by molar-refractivity contribution is 5.97. The van der Waals surface area contributed by atoms with Crippen molar-refractivity contribution < 1.29 is 4.79 Å². The highest BCUT2D eigenvalue weighted by Crippen LogP contribution is 2.32. The van der Waals surface area contributed by atoms with Gasteiger partial charge >= 0.3 is 0 Å². The van der Waals surface area contributed by atoms with E-state index in [-0.39, 0.29) is 5.92 Å². The Morgan fingerprint density at radius 1 is 1.56 bits per heavy atom. The van der Waals surface area contributed by atoms with E-state index in [0.717, 1.165) is 31.4 Å². The summed E-state index contributed by atoms with van der Waals surface area (Å²) in [5, 5.41) is 4.21. The molecule has 0 spiro atoms. The summed E-state index contributed by atoms with van der Waals surface area (Å²) >= 11 is 0. The van der Waals surface area contributed by atoms with Crippen LogP contribution in [0.5, 0.6) is 0 Å². The van der Waals surface area contributed by atoms with Crippen molar-refractivity contribution in [1.82, 2.24) is 9.78 Å². The number of rotatable bonds is 4. The predicted molar refractivity (Wildman–Crippen MR) is 63.4 cm³/mol. The van der Waals surface area contributed by atoms with Gasteiger partial charge in [0.2, 0.25) is 0 Å². The van der Waals surface area contributed by atoms with Crippen LogP contribution in [0.4, 0.5) is 0 Å². The molecule has 1 aromatic heterocycles. The molecule has 0 bridgehead atoms. The minimum atomic E-state index is 0.245. The van der Waals surface area contributed by atoms with Crippen LogP contribution < -0.4 is 0 Å². The number of carbonyl (C=O) groups excluding carboxylic acids is 1. The van der Waals surface area contributed by atoms with E-state index in [2.05, 4.69) is 18.9 Å². The SMILES string of the molecule is CCCn1cc(C(=O)C2CCC(C)C2)cn1. The van der Waals surface area contributed by atoms with Crippen molar-refractivity contribution in [2.75, 3.05) is 0 Å². The second-order valence-corrected chi connectivity index (χ2v) is 4.97. The Morgan fingerprint density at radius 3 is 3.00 bits per heavy atom. The normalized spacial score (nSPS) is 24.9. The van der Waals surface area contributed by atoms with Gasteiger partial charge in [-0.05, 0) is 31.6 Å². The second-order valence-electron chi connectivity index (χ2n) is 4.97. The quantitative estimate of drug-likeness (QED) is 0.731. The standard InChI is InChI=1S/C13H20N2O/c1-3-6-15-9-12(8-14-15)13(16)11-5-4-10(2)7-11/h8-11H,3-7H2,1-2H3. The average molecular weight is 220 g/mol. The van der Waals surface area contributed by atoms with Crippen molar-refractivity contribution in [3.8, 4) is 0 Å². The maximum absolute atomic E-state index is 12.2. The molecule has 1 heterocycles. The minimum Gasteiger partial charge on any atom is -0.294 e. The number of aromatic nitrogens is 2. The van der Waals surface area contributed by atoms with Crippen LogP contribution in [0.1, 0.15) is 49.9 Å². The Balaban J connectivity index is 2.03. The maximum atomic E-state index is 12.2. The van der Waals surface area contributed by atoms with E-state index in [9.17, 15) is 4.79 Å². The molecule has 0 N–H and O–H groups in total. The maximum Gasteiger partial charge on any atom is 0.169 e. The van der Waals surface area contributed by atoms with E-state index in [1.54, 1.807) is 6.20 Å². The summed E-state index contributed by atoms with van der Waals surface area (Å²) in [5.74, 6) is 1.25. The van der Waals surface area contributed by atoms with Gasteiger partial charge < -0.3 is 0 Å². The molecule has 88 valence electrons. The summed E-state index contributed by atoms with van der Waals surface area (Å²) in [6, 6.07) is 0. The fourth-order valence-electron chi connectivity index (χ4n) is 2.52. The molecule has 2 unspecified atom stereocenters. The fraction of sp³-hybridized carbons (Fsp3) is 0.692. The van der Waals surface area contributed by atoms with Crippen LogP contribution in [0.25, 0.3) is 0 Å². The van der Waals surface area contributed by atoms with Crippen molar-refractivity contribution in [3.05, 3.63) is 18.0 Å². The van der Waals surface area contributed by atoms with Gasteiger partial charge in [-0.1, -0.05) is 13.8 Å². The smallest absolute Gasteiger partial charge is 0.169 e. The Morgan fingerprint density at radius 2 is 2.38 bits per heavy atom. The summed E-state index contributed by atoms with van der Waals surface area (Å²) in [6.45, 7) is 5.24. The number of ketones is 1. The lowest BCUT2D eigenvalue weighted by Gasteiger charge is -2.05. The lowest BCUT2D eigenvalue weighted by molar-refractivity contribution is 0.0920. The lowest BCUT2D eigenvalue weighted by atomic mass is 9.97. The Hall–Kier alpha value is -1.12. The molecule has 16 heavy (non-hydrogen) atoms. The summed E-state index contributed by atoms with van der Waals surface area (Å²) in [4.78, 5) is 12.2. The molecule has 1 fully saturated rings. The van der Waals surface area contributed by atoms with Crippen LogP contribution in [-0.2, 0) is 6.54 Å². The zero-order valence-corrected chi connectivity index (χ0v) is 10.1. The van der Waals surface area contributed by atoms with Crippen LogP contribution in [0.2, 0.25) is 0 Å².